The molecular weight excluding hydrogens is 232 g/mol. The lowest BCUT2D eigenvalue weighted by molar-refractivity contribution is -0.115. The van der Waals surface area contributed by atoms with E-state index in [-0.39, 0.29) is 12.5 Å². The van der Waals surface area contributed by atoms with Gasteiger partial charge in [0.1, 0.15) is 19.0 Å². The molecule has 1 aromatic carbocycles. The summed E-state index contributed by atoms with van der Waals surface area (Å²) in [7, 11) is 0. The van der Waals surface area contributed by atoms with Gasteiger partial charge in [0.15, 0.2) is 0 Å². The van der Waals surface area contributed by atoms with E-state index in [4.69, 9.17) is 14.7 Å². The average molecular weight is 248 g/mol. The Morgan fingerprint density at radius 3 is 3.00 bits per heavy atom. The molecule has 1 N–H and O–H groups in total. The van der Waals surface area contributed by atoms with Crippen LogP contribution in [0.25, 0.3) is 0 Å². The Morgan fingerprint density at radius 1 is 1.44 bits per heavy atom. The maximum atomic E-state index is 11.2. The van der Waals surface area contributed by atoms with Crippen molar-refractivity contribution in [3.63, 3.8) is 0 Å². The monoisotopic (exact) mass is 248 g/mol. The van der Waals surface area contributed by atoms with Gasteiger partial charge in [-0.1, -0.05) is 13.0 Å². The summed E-state index contributed by atoms with van der Waals surface area (Å²) in [6, 6.07) is 9.02. The number of hydrogen-bond acceptors (Lipinski definition) is 4. The van der Waals surface area contributed by atoms with Crippen LogP contribution < -0.4 is 10.1 Å². The molecule has 1 amide bonds. The summed E-state index contributed by atoms with van der Waals surface area (Å²) in [5.41, 5.74) is 0.706. The van der Waals surface area contributed by atoms with Crippen LogP contribution in [0.3, 0.4) is 0 Å². The molecule has 0 spiro atoms. The van der Waals surface area contributed by atoms with E-state index in [0.29, 0.717) is 31.1 Å². The first-order valence-electron chi connectivity index (χ1n) is 5.73. The third-order valence-electron chi connectivity index (χ3n) is 2.10. The van der Waals surface area contributed by atoms with Gasteiger partial charge in [0.2, 0.25) is 5.91 Å². The summed E-state index contributed by atoms with van der Waals surface area (Å²) >= 11 is 0. The number of benzene rings is 1. The smallest absolute Gasteiger partial charge is 0.224 e. The first-order chi connectivity index (χ1) is 8.76. The number of carbonyl (C=O) groups excluding carboxylic acids is 1. The quantitative estimate of drug-likeness (QED) is 0.749. The summed E-state index contributed by atoms with van der Waals surface area (Å²) < 4.78 is 10.4. The number of rotatable bonds is 7. The maximum absolute atomic E-state index is 11.2. The van der Waals surface area contributed by atoms with Crippen molar-refractivity contribution < 1.29 is 14.3 Å². The van der Waals surface area contributed by atoms with Gasteiger partial charge in [-0.15, -0.1) is 0 Å². The van der Waals surface area contributed by atoms with E-state index in [2.05, 4.69) is 5.32 Å². The molecule has 5 heteroatoms. The lowest BCUT2D eigenvalue weighted by Crippen LogP contribution is -2.10. The Labute approximate surface area is 106 Å². The lowest BCUT2D eigenvalue weighted by atomic mass is 10.3. The SMILES string of the molecule is CCC(=O)Nc1cccc(OCCOCC#N)c1. The van der Waals surface area contributed by atoms with Crippen molar-refractivity contribution >= 4 is 11.6 Å². The van der Waals surface area contributed by atoms with Crippen molar-refractivity contribution in [2.45, 2.75) is 13.3 Å². The van der Waals surface area contributed by atoms with E-state index < -0.39 is 0 Å². The van der Waals surface area contributed by atoms with Crippen molar-refractivity contribution in [1.82, 2.24) is 0 Å². The molecule has 0 aliphatic carbocycles. The summed E-state index contributed by atoms with van der Waals surface area (Å²) in [5.74, 6) is 0.619. The summed E-state index contributed by atoms with van der Waals surface area (Å²) in [4.78, 5) is 11.2. The van der Waals surface area contributed by atoms with E-state index in [9.17, 15) is 4.79 Å². The van der Waals surface area contributed by atoms with Gasteiger partial charge in [-0.05, 0) is 12.1 Å². The fourth-order valence-electron chi connectivity index (χ4n) is 1.25. The van der Waals surface area contributed by atoms with Crippen molar-refractivity contribution in [3.8, 4) is 11.8 Å². The predicted molar refractivity (Wildman–Crippen MR) is 67.3 cm³/mol. The van der Waals surface area contributed by atoms with Gasteiger partial charge in [-0.25, -0.2) is 0 Å². The minimum absolute atomic E-state index is 0.0375. The van der Waals surface area contributed by atoms with Crippen LogP contribution in [0.15, 0.2) is 24.3 Å². The topological polar surface area (TPSA) is 71.3 Å². The molecule has 0 heterocycles. The van der Waals surface area contributed by atoms with Crippen LogP contribution in [0, 0.1) is 11.3 Å². The van der Waals surface area contributed by atoms with Gasteiger partial charge < -0.3 is 14.8 Å². The molecule has 0 aliphatic heterocycles. The Balaban J connectivity index is 2.40. The minimum atomic E-state index is -0.0375. The number of ether oxygens (including phenoxy) is 2. The maximum Gasteiger partial charge on any atom is 0.224 e. The molecule has 1 rings (SSSR count). The standard InChI is InChI=1S/C13H16N2O3/c1-2-13(16)15-11-4-3-5-12(10-11)18-9-8-17-7-6-14/h3-5,10H,2,7-9H2,1H3,(H,15,16). The highest BCUT2D eigenvalue weighted by Crippen LogP contribution is 2.17. The molecule has 1 aromatic rings. The molecule has 0 saturated heterocycles. The van der Waals surface area contributed by atoms with Gasteiger partial charge in [-0.2, -0.15) is 5.26 Å². The average Bonchev–Trinajstić information content (AvgIpc) is 2.39. The first kappa shape index (κ1) is 14.0. The summed E-state index contributed by atoms with van der Waals surface area (Å²) in [5, 5.41) is 11.0. The van der Waals surface area contributed by atoms with E-state index in [1.54, 1.807) is 31.2 Å². The second kappa shape index (κ2) is 8.09. The van der Waals surface area contributed by atoms with Gasteiger partial charge in [-0.3, -0.25) is 4.79 Å². The zero-order valence-corrected chi connectivity index (χ0v) is 10.3. The molecule has 0 aliphatic rings. The van der Waals surface area contributed by atoms with Crippen molar-refractivity contribution in [1.29, 1.82) is 5.26 Å². The molecule has 96 valence electrons. The van der Waals surface area contributed by atoms with E-state index in [1.807, 2.05) is 6.07 Å². The highest BCUT2D eigenvalue weighted by Gasteiger charge is 2.00. The third kappa shape index (κ3) is 5.32. The third-order valence-corrected chi connectivity index (χ3v) is 2.10. The highest BCUT2D eigenvalue weighted by molar-refractivity contribution is 5.90. The van der Waals surface area contributed by atoms with E-state index in [1.165, 1.54) is 0 Å². The number of nitriles is 1. The molecule has 0 atom stereocenters. The van der Waals surface area contributed by atoms with E-state index >= 15 is 0 Å². The number of amides is 1. The van der Waals surface area contributed by atoms with Gasteiger partial charge in [0, 0.05) is 18.2 Å². The second-order valence-electron chi connectivity index (χ2n) is 3.49. The Hall–Kier alpha value is -2.06. The molecule has 0 bridgehead atoms. The van der Waals surface area contributed by atoms with Gasteiger partial charge in [0.05, 0.1) is 12.7 Å². The zero-order chi connectivity index (χ0) is 13.2. The Bertz CT molecular complexity index is 426. The summed E-state index contributed by atoms with van der Waals surface area (Å²) in [6.45, 7) is 2.59. The molecule has 0 radical (unpaired) electrons. The van der Waals surface area contributed by atoms with Crippen LogP contribution >= 0.6 is 0 Å². The Kier molecular flexibility index (Phi) is 6.30. The van der Waals surface area contributed by atoms with Crippen molar-refractivity contribution in [2.24, 2.45) is 0 Å². The van der Waals surface area contributed by atoms with Crippen LogP contribution in [0.2, 0.25) is 0 Å². The molecule has 0 aromatic heterocycles. The molecule has 5 nitrogen and oxygen atoms in total. The number of carbonyl (C=O) groups is 1. The fraction of sp³-hybridized carbons (Fsp3) is 0.385. The number of anilines is 1. The normalized spacial score (nSPS) is 9.56. The molecule has 18 heavy (non-hydrogen) atoms. The van der Waals surface area contributed by atoms with Gasteiger partial charge >= 0.3 is 0 Å². The second-order valence-corrected chi connectivity index (χ2v) is 3.49. The predicted octanol–water partition coefficient (Wildman–Crippen LogP) is 1.95. The summed E-state index contributed by atoms with van der Waals surface area (Å²) in [6.07, 6.45) is 0.438. The van der Waals surface area contributed by atoms with Gasteiger partial charge in [0.25, 0.3) is 0 Å². The molecular formula is C13H16N2O3. The van der Waals surface area contributed by atoms with Crippen LogP contribution in [0.4, 0.5) is 5.69 Å². The molecule has 0 fully saturated rings. The molecule has 0 saturated carbocycles. The van der Waals surface area contributed by atoms with Crippen LogP contribution in [0.5, 0.6) is 5.75 Å². The van der Waals surface area contributed by atoms with Crippen molar-refractivity contribution in [2.75, 3.05) is 25.1 Å². The Morgan fingerprint density at radius 2 is 2.28 bits per heavy atom. The lowest BCUT2D eigenvalue weighted by Gasteiger charge is -2.08. The van der Waals surface area contributed by atoms with Crippen LogP contribution in [0.1, 0.15) is 13.3 Å². The van der Waals surface area contributed by atoms with Crippen molar-refractivity contribution in [3.05, 3.63) is 24.3 Å². The minimum Gasteiger partial charge on any atom is -0.491 e. The number of nitrogens with zero attached hydrogens (tertiary/aromatic N) is 1. The van der Waals surface area contributed by atoms with Crippen LogP contribution in [-0.4, -0.2) is 25.7 Å². The number of hydrogen-bond donors (Lipinski definition) is 1. The van der Waals surface area contributed by atoms with Crippen LogP contribution in [-0.2, 0) is 9.53 Å². The highest BCUT2D eigenvalue weighted by atomic mass is 16.5. The van der Waals surface area contributed by atoms with E-state index in [0.717, 1.165) is 0 Å². The largest absolute Gasteiger partial charge is 0.491 e. The first-order valence-corrected chi connectivity index (χ1v) is 5.73. The molecule has 0 unspecified atom stereocenters. The fourth-order valence-corrected chi connectivity index (χ4v) is 1.25. The number of nitrogens with one attached hydrogen (secondary N) is 1. The zero-order valence-electron chi connectivity index (χ0n) is 10.3.